The third kappa shape index (κ3) is 4.18. The smallest absolute Gasteiger partial charge is 0.241 e. The Bertz CT molecular complexity index is 480. The summed E-state index contributed by atoms with van der Waals surface area (Å²) in [6, 6.07) is 7.03. The lowest BCUT2D eigenvalue weighted by Gasteiger charge is -2.13. The van der Waals surface area contributed by atoms with Crippen LogP contribution in [0.1, 0.15) is 20.8 Å². The number of anilines is 1. The van der Waals surface area contributed by atoms with Crippen molar-refractivity contribution in [1.29, 1.82) is 5.26 Å². The fourth-order valence-corrected chi connectivity index (χ4v) is 1.44. The monoisotopic (exact) mass is 262 g/mol. The van der Waals surface area contributed by atoms with Gasteiger partial charge in [0.1, 0.15) is 5.92 Å². The van der Waals surface area contributed by atoms with E-state index in [0.29, 0.717) is 30.4 Å². The van der Waals surface area contributed by atoms with Crippen LogP contribution in [0, 0.1) is 17.2 Å². The quantitative estimate of drug-likeness (QED) is 0.855. The maximum atomic E-state index is 11.6. The van der Waals surface area contributed by atoms with Gasteiger partial charge in [0.15, 0.2) is 11.5 Å². The van der Waals surface area contributed by atoms with E-state index in [1.54, 1.807) is 25.1 Å². The van der Waals surface area contributed by atoms with Gasteiger partial charge in [-0.05, 0) is 32.9 Å². The van der Waals surface area contributed by atoms with Crippen LogP contribution >= 0.6 is 0 Å². The molecule has 0 aliphatic carbocycles. The van der Waals surface area contributed by atoms with Crippen molar-refractivity contribution in [3.05, 3.63) is 18.2 Å². The third-order valence-corrected chi connectivity index (χ3v) is 2.40. The van der Waals surface area contributed by atoms with Gasteiger partial charge >= 0.3 is 0 Å². The summed E-state index contributed by atoms with van der Waals surface area (Å²) in [4.78, 5) is 11.6. The Labute approximate surface area is 113 Å². The Balaban J connectivity index is 2.89. The number of rotatable bonds is 6. The number of nitriles is 1. The van der Waals surface area contributed by atoms with E-state index >= 15 is 0 Å². The van der Waals surface area contributed by atoms with Gasteiger partial charge in [0, 0.05) is 11.8 Å². The summed E-state index contributed by atoms with van der Waals surface area (Å²) in [5, 5.41) is 11.3. The fourth-order valence-electron chi connectivity index (χ4n) is 1.44. The Morgan fingerprint density at radius 2 is 1.95 bits per heavy atom. The van der Waals surface area contributed by atoms with E-state index in [2.05, 4.69) is 5.32 Å². The number of amides is 1. The standard InChI is InChI=1S/C14H18N2O3/c1-4-18-12-7-6-11(8-13(12)19-5-2)16-14(17)10(3)9-15/h6-8,10H,4-5H2,1-3H3,(H,16,17). The number of nitrogens with zero attached hydrogens (tertiary/aromatic N) is 1. The molecule has 1 N–H and O–H groups in total. The Morgan fingerprint density at radius 3 is 2.53 bits per heavy atom. The minimum atomic E-state index is -0.692. The summed E-state index contributed by atoms with van der Waals surface area (Å²) in [7, 11) is 0. The van der Waals surface area contributed by atoms with Gasteiger partial charge in [-0.3, -0.25) is 4.79 Å². The van der Waals surface area contributed by atoms with Gasteiger partial charge in [0.2, 0.25) is 5.91 Å². The van der Waals surface area contributed by atoms with Crippen LogP contribution in [-0.4, -0.2) is 19.1 Å². The zero-order valence-corrected chi connectivity index (χ0v) is 11.4. The molecule has 0 heterocycles. The number of carbonyl (C=O) groups excluding carboxylic acids is 1. The van der Waals surface area contributed by atoms with Gasteiger partial charge in [0.25, 0.3) is 0 Å². The second-order valence-corrected chi connectivity index (χ2v) is 3.87. The lowest BCUT2D eigenvalue weighted by atomic mass is 10.2. The normalized spacial score (nSPS) is 11.3. The average Bonchev–Trinajstić information content (AvgIpc) is 2.41. The van der Waals surface area contributed by atoms with E-state index in [1.165, 1.54) is 0 Å². The molecule has 1 aromatic carbocycles. The summed E-state index contributed by atoms with van der Waals surface area (Å²) in [6.45, 7) is 6.36. The van der Waals surface area contributed by atoms with Crippen molar-refractivity contribution in [1.82, 2.24) is 0 Å². The van der Waals surface area contributed by atoms with Gasteiger partial charge < -0.3 is 14.8 Å². The van der Waals surface area contributed by atoms with E-state index in [9.17, 15) is 4.79 Å². The third-order valence-electron chi connectivity index (χ3n) is 2.40. The molecule has 102 valence electrons. The maximum Gasteiger partial charge on any atom is 0.241 e. The molecule has 0 saturated carbocycles. The second-order valence-electron chi connectivity index (χ2n) is 3.87. The van der Waals surface area contributed by atoms with E-state index in [1.807, 2.05) is 19.9 Å². The number of benzene rings is 1. The Morgan fingerprint density at radius 1 is 1.32 bits per heavy atom. The summed E-state index contributed by atoms with van der Waals surface area (Å²) in [5.74, 6) is 0.179. The van der Waals surface area contributed by atoms with Crippen molar-refractivity contribution in [2.75, 3.05) is 18.5 Å². The number of nitrogens with one attached hydrogen (secondary N) is 1. The predicted molar refractivity (Wildman–Crippen MR) is 72.2 cm³/mol. The average molecular weight is 262 g/mol. The molecule has 0 saturated heterocycles. The van der Waals surface area contributed by atoms with Crippen molar-refractivity contribution < 1.29 is 14.3 Å². The molecule has 0 aliphatic heterocycles. The molecule has 0 radical (unpaired) electrons. The largest absolute Gasteiger partial charge is 0.490 e. The Hall–Kier alpha value is -2.22. The zero-order valence-electron chi connectivity index (χ0n) is 11.4. The molecule has 1 rings (SSSR count). The maximum absolute atomic E-state index is 11.6. The van der Waals surface area contributed by atoms with Crippen molar-refractivity contribution in [3.63, 3.8) is 0 Å². The zero-order chi connectivity index (χ0) is 14.3. The second kappa shape index (κ2) is 7.27. The topological polar surface area (TPSA) is 71.3 Å². The highest BCUT2D eigenvalue weighted by Gasteiger charge is 2.13. The van der Waals surface area contributed by atoms with Crippen molar-refractivity contribution in [2.24, 2.45) is 5.92 Å². The molecule has 1 aromatic rings. The molecule has 1 amide bonds. The van der Waals surface area contributed by atoms with Gasteiger partial charge in [-0.15, -0.1) is 0 Å². The molecule has 1 atom stereocenters. The highest BCUT2D eigenvalue weighted by Crippen LogP contribution is 2.30. The molecular weight excluding hydrogens is 244 g/mol. The van der Waals surface area contributed by atoms with Gasteiger partial charge in [-0.2, -0.15) is 5.26 Å². The van der Waals surface area contributed by atoms with Crippen LogP contribution in [0.5, 0.6) is 11.5 Å². The van der Waals surface area contributed by atoms with Crippen molar-refractivity contribution in [3.8, 4) is 17.6 Å². The molecular formula is C14H18N2O3. The highest BCUT2D eigenvalue weighted by molar-refractivity contribution is 5.94. The summed E-state index contributed by atoms with van der Waals surface area (Å²) < 4.78 is 10.9. The number of hydrogen-bond donors (Lipinski definition) is 1. The Kier molecular flexibility index (Phi) is 5.68. The van der Waals surface area contributed by atoms with Gasteiger partial charge in [-0.1, -0.05) is 0 Å². The molecule has 5 heteroatoms. The van der Waals surface area contributed by atoms with Crippen LogP contribution in [0.4, 0.5) is 5.69 Å². The molecule has 5 nitrogen and oxygen atoms in total. The highest BCUT2D eigenvalue weighted by atomic mass is 16.5. The van der Waals surface area contributed by atoms with Gasteiger partial charge in [0.05, 0.1) is 19.3 Å². The molecule has 0 spiro atoms. The molecule has 0 aliphatic rings. The summed E-state index contributed by atoms with van der Waals surface area (Å²) in [6.07, 6.45) is 0. The lowest BCUT2D eigenvalue weighted by Crippen LogP contribution is -2.18. The first-order valence-corrected chi connectivity index (χ1v) is 6.22. The number of hydrogen-bond acceptors (Lipinski definition) is 4. The first-order valence-electron chi connectivity index (χ1n) is 6.22. The van der Waals surface area contributed by atoms with Crippen molar-refractivity contribution in [2.45, 2.75) is 20.8 Å². The fraction of sp³-hybridized carbons (Fsp3) is 0.429. The first kappa shape index (κ1) is 14.8. The van der Waals surface area contributed by atoms with E-state index in [4.69, 9.17) is 14.7 Å². The van der Waals surface area contributed by atoms with Gasteiger partial charge in [-0.25, -0.2) is 0 Å². The van der Waals surface area contributed by atoms with Crippen LogP contribution in [0.15, 0.2) is 18.2 Å². The number of carbonyl (C=O) groups is 1. The minimum absolute atomic E-state index is 0.339. The lowest BCUT2D eigenvalue weighted by molar-refractivity contribution is -0.117. The van der Waals surface area contributed by atoms with Crippen LogP contribution in [0.2, 0.25) is 0 Å². The first-order chi connectivity index (χ1) is 9.12. The van der Waals surface area contributed by atoms with E-state index in [-0.39, 0.29) is 5.91 Å². The van der Waals surface area contributed by atoms with Crippen LogP contribution < -0.4 is 14.8 Å². The molecule has 0 aromatic heterocycles. The van der Waals surface area contributed by atoms with Crippen LogP contribution in [-0.2, 0) is 4.79 Å². The SMILES string of the molecule is CCOc1ccc(NC(=O)C(C)C#N)cc1OCC. The van der Waals surface area contributed by atoms with Crippen LogP contribution in [0.25, 0.3) is 0 Å². The van der Waals surface area contributed by atoms with E-state index in [0.717, 1.165) is 0 Å². The molecule has 0 bridgehead atoms. The summed E-state index contributed by atoms with van der Waals surface area (Å²) >= 11 is 0. The van der Waals surface area contributed by atoms with E-state index < -0.39 is 5.92 Å². The minimum Gasteiger partial charge on any atom is -0.490 e. The van der Waals surface area contributed by atoms with Crippen LogP contribution in [0.3, 0.4) is 0 Å². The molecule has 19 heavy (non-hydrogen) atoms. The number of ether oxygens (including phenoxy) is 2. The molecule has 1 unspecified atom stereocenters. The van der Waals surface area contributed by atoms with Crippen molar-refractivity contribution >= 4 is 11.6 Å². The predicted octanol–water partition coefficient (Wildman–Crippen LogP) is 2.58. The molecule has 0 fully saturated rings. The summed E-state index contributed by atoms with van der Waals surface area (Å²) in [5.41, 5.74) is 0.582.